The summed E-state index contributed by atoms with van der Waals surface area (Å²) in [5, 5.41) is 6.39. The maximum atomic E-state index is 13.8. The van der Waals surface area contributed by atoms with E-state index >= 15 is 0 Å². The van der Waals surface area contributed by atoms with Gasteiger partial charge in [-0.2, -0.15) is 5.10 Å². The van der Waals surface area contributed by atoms with E-state index in [0.717, 1.165) is 42.2 Å². The zero-order valence-corrected chi connectivity index (χ0v) is 23.1. The number of carbonyl (C=O) groups is 2. The monoisotopic (exact) mass is 520 g/mol. The first-order chi connectivity index (χ1) is 18.2. The number of ether oxygens (including phenoxy) is 2. The average Bonchev–Trinajstić information content (AvgIpc) is 3.37. The topological polar surface area (TPSA) is 74.7 Å². The van der Waals surface area contributed by atoms with Crippen LogP contribution in [0.5, 0.6) is 5.75 Å². The molecule has 2 amide bonds. The lowest BCUT2D eigenvalue weighted by atomic mass is 9.91. The van der Waals surface area contributed by atoms with Crippen molar-refractivity contribution in [2.24, 2.45) is 10.5 Å². The van der Waals surface area contributed by atoms with Crippen molar-refractivity contribution in [3.05, 3.63) is 65.7 Å². The molecule has 0 aromatic heterocycles. The summed E-state index contributed by atoms with van der Waals surface area (Å²) in [6, 6.07) is 17.5. The van der Waals surface area contributed by atoms with Gasteiger partial charge in [-0.15, -0.1) is 0 Å². The molecule has 2 aliphatic heterocycles. The van der Waals surface area contributed by atoms with Crippen LogP contribution in [-0.4, -0.2) is 85.4 Å². The predicted molar refractivity (Wildman–Crippen MR) is 148 cm³/mol. The van der Waals surface area contributed by atoms with E-state index in [2.05, 4.69) is 4.90 Å². The number of amides is 2. The summed E-state index contributed by atoms with van der Waals surface area (Å²) in [6.07, 6.45) is 0.984. The van der Waals surface area contributed by atoms with Crippen LogP contribution in [0.15, 0.2) is 59.7 Å². The Morgan fingerprint density at radius 2 is 1.74 bits per heavy atom. The second-order valence-corrected chi connectivity index (χ2v) is 11.2. The van der Waals surface area contributed by atoms with Crippen molar-refractivity contribution < 1.29 is 19.1 Å². The Labute approximate surface area is 226 Å². The molecule has 4 rings (SSSR count). The third-order valence-corrected chi connectivity index (χ3v) is 6.92. The fraction of sp³-hybridized carbons (Fsp3) is 0.500. The Morgan fingerprint density at radius 1 is 1.05 bits per heavy atom. The summed E-state index contributed by atoms with van der Waals surface area (Å²) < 4.78 is 10.8. The van der Waals surface area contributed by atoms with E-state index in [4.69, 9.17) is 14.6 Å². The Morgan fingerprint density at radius 3 is 2.37 bits per heavy atom. The van der Waals surface area contributed by atoms with Crippen LogP contribution in [0, 0.1) is 5.41 Å². The van der Waals surface area contributed by atoms with Crippen molar-refractivity contribution in [3.8, 4) is 5.75 Å². The number of nitrogens with zero attached hydrogens (tertiary/aromatic N) is 4. The van der Waals surface area contributed by atoms with Gasteiger partial charge in [-0.1, -0.05) is 51.1 Å². The largest absolute Gasteiger partial charge is 0.497 e. The summed E-state index contributed by atoms with van der Waals surface area (Å²) in [7, 11) is 1.64. The maximum absolute atomic E-state index is 13.8. The van der Waals surface area contributed by atoms with Crippen LogP contribution in [0.2, 0.25) is 0 Å². The van der Waals surface area contributed by atoms with E-state index < -0.39 is 0 Å². The minimum absolute atomic E-state index is 0.00196. The molecule has 2 aromatic carbocycles. The highest BCUT2D eigenvalue weighted by Crippen LogP contribution is 2.33. The Balaban J connectivity index is 1.55. The fourth-order valence-electron chi connectivity index (χ4n) is 4.81. The molecule has 1 fully saturated rings. The number of morpholine rings is 1. The van der Waals surface area contributed by atoms with Crippen LogP contribution in [0.25, 0.3) is 0 Å². The summed E-state index contributed by atoms with van der Waals surface area (Å²) >= 11 is 0. The van der Waals surface area contributed by atoms with Gasteiger partial charge in [-0.25, -0.2) is 5.01 Å². The van der Waals surface area contributed by atoms with Crippen molar-refractivity contribution in [1.29, 1.82) is 0 Å². The number of benzene rings is 2. The highest BCUT2D eigenvalue weighted by Gasteiger charge is 2.35. The van der Waals surface area contributed by atoms with E-state index in [0.29, 0.717) is 32.6 Å². The minimum atomic E-state index is -0.223. The van der Waals surface area contributed by atoms with Gasteiger partial charge < -0.3 is 14.4 Å². The second-order valence-electron chi connectivity index (χ2n) is 11.2. The van der Waals surface area contributed by atoms with Crippen LogP contribution in [0.1, 0.15) is 50.8 Å². The lowest BCUT2D eigenvalue weighted by Crippen LogP contribution is -2.47. The molecule has 0 saturated carbocycles. The Hall–Kier alpha value is -3.23. The van der Waals surface area contributed by atoms with Crippen molar-refractivity contribution in [1.82, 2.24) is 14.8 Å². The molecule has 1 saturated heterocycles. The van der Waals surface area contributed by atoms with Crippen LogP contribution < -0.4 is 4.74 Å². The van der Waals surface area contributed by atoms with Gasteiger partial charge in [0.05, 0.1) is 32.1 Å². The molecule has 2 aliphatic rings. The molecule has 38 heavy (non-hydrogen) atoms. The third kappa shape index (κ3) is 7.42. The molecular formula is C30H40N4O4. The zero-order chi connectivity index (χ0) is 27.1. The van der Waals surface area contributed by atoms with Crippen LogP contribution in [-0.2, 0) is 14.3 Å². The lowest BCUT2D eigenvalue weighted by molar-refractivity contribution is -0.142. The molecule has 2 heterocycles. The van der Waals surface area contributed by atoms with Gasteiger partial charge >= 0.3 is 0 Å². The molecular weight excluding hydrogens is 480 g/mol. The van der Waals surface area contributed by atoms with Crippen molar-refractivity contribution in [2.75, 3.05) is 53.0 Å². The number of carbonyl (C=O) groups excluding carboxylic acids is 2. The highest BCUT2D eigenvalue weighted by atomic mass is 16.5. The predicted octanol–water partition coefficient (Wildman–Crippen LogP) is 3.97. The first-order valence-electron chi connectivity index (χ1n) is 13.4. The standard InChI is InChI=1S/C30H40N4O4/c1-30(2,3)21-28(35)33(15-14-32-16-18-38-19-17-32)22-29(36)34-27(24-8-6-5-7-9-24)20-26(31-34)23-10-12-25(37-4)13-11-23/h5-13,27H,14-22H2,1-4H3/t27-/m0/s1. The van der Waals surface area contributed by atoms with Gasteiger partial charge in [-0.3, -0.25) is 14.5 Å². The smallest absolute Gasteiger partial charge is 0.262 e. The number of methoxy groups -OCH3 is 1. The normalized spacial score (nSPS) is 18.3. The molecule has 0 bridgehead atoms. The quantitative estimate of drug-likeness (QED) is 0.500. The number of rotatable bonds is 9. The molecule has 0 aliphatic carbocycles. The van der Waals surface area contributed by atoms with E-state index in [-0.39, 0.29) is 29.8 Å². The Kier molecular flexibility index (Phi) is 9.17. The van der Waals surface area contributed by atoms with Gasteiger partial charge in [-0.05, 0) is 40.8 Å². The third-order valence-electron chi connectivity index (χ3n) is 6.92. The second kappa shape index (κ2) is 12.5. The van der Waals surface area contributed by atoms with Gasteiger partial charge in [0, 0.05) is 39.0 Å². The van der Waals surface area contributed by atoms with Gasteiger partial charge in [0.15, 0.2) is 0 Å². The van der Waals surface area contributed by atoms with Gasteiger partial charge in [0.25, 0.3) is 5.91 Å². The highest BCUT2D eigenvalue weighted by molar-refractivity contribution is 6.03. The van der Waals surface area contributed by atoms with Gasteiger partial charge in [0.1, 0.15) is 12.3 Å². The molecule has 0 spiro atoms. The van der Waals surface area contributed by atoms with Crippen molar-refractivity contribution in [2.45, 2.75) is 39.7 Å². The molecule has 204 valence electrons. The molecule has 1 atom stereocenters. The van der Waals surface area contributed by atoms with E-state index in [1.54, 1.807) is 17.0 Å². The zero-order valence-electron chi connectivity index (χ0n) is 23.1. The number of hydrogen-bond donors (Lipinski definition) is 0. The van der Waals surface area contributed by atoms with Crippen LogP contribution >= 0.6 is 0 Å². The molecule has 0 unspecified atom stereocenters. The maximum Gasteiger partial charge on any atom is 0.262 e. The molecule has 0 N–H and O–H groups in total. The van der Waals surface area contributed by atoms with Crippen LogP contribution in [0.3, 0.4) is 0 Å². The summed E-state index contributed by atoms with van der Waals surface area (Å²) in [6.45, 7) is 10.4. The van der Waals surface area contributed by atoms with Crippen LogP contribution in [0.4, 0.5) is 0 Å². The van der Waals surface area contributed by atoms with E-state index in [1.807, 2.05) is 75.4 Å². The number of hydrogen-bond acceptors (Lipinski definition) is 6. The van der Waals surface area contributed by atoms with E-state index in [1.165, 1.54) is 0 Å². The molecule has 0 radical (unpaired) electrons. The summed E-state index contributed by atoms with van der Waals surface area (Å²) in [5.41, 5.74) is 2.65. The van der Waals surface area contributed by atoms with Gasteiger partial charge in [0.2, 0.25) is 5.91 Å². The SMILES string of the molecule is COc1ccc(C2=NN(C(=O)CN(CCN3CCOCC3)C(=O)CC(C)(C)C)[C@H](c3ccccc3)C2)cc1. The first-order valence-corrected chi connectivity index (χ1v) is 13.4. The summed E-state index contributed by atoms with van der Waals surface area (Å²) in [5.74, 6) is 0.591. The fourth-order valence-corrected chi connectivity index (χ4v) is 4.81. The molecule has 8 heteroatoms. The Bertz CT molecular complexity index is 1110. The molecule has 2 aromatic rings. The lowest BCUT2D eigenvalue weighted by Gasteiger charge is -2.32. The molecule has 8 nitrogen and oxygen atoms in total. The summed E-state index contributed by atoms with van der Waals surface area (Å²) in [4.78, 5) is 31.2. The van der Waals surface area contributed by atoms with E-state index in [9.17, 15) is 9.59 Å². The number of hydrazone groups is 1. The first kappa shape index (κ1) is 27.8. The van der Waals surface area contributed by atoms with Crippen molar-refractivity contribution in [3.63, 3.8) is 0 Å². The average molecular weight is 521 g/mol. The van der Waals surface area contributed by atoms with Crippen molar-refractivity contribution >= 4 is 17.5 Å². The minimum Gasteiger partial charge on any atom is -0.497 e.